The van der Waals surface area contributed by atoms with Crippen LogP contribution in [0.2, 0.25) is 0 Å². The molecule has 1 aromatic heterocycles. The van der Waals surface area contributed by atoms with Gasteiger partial charge in [0.15, 0.2) is 0 Å². The summed E-state index contributed by atoms with van der Waals surface area (Å²) in [6.07, 6.45) is 6.45. The molecule has 2 aromatic rings. The van der Waals surface area contributed by atoms with Crippen molar-refractivity contribution in [3.63, 3.8) is 0 Å². The normalized spacial score (nSPS) is 15.4. The van der Waals surface area contributed by atoms with Gasteiger partial charge in [0.2, 0.25) is 5.91 Å². The van der Waals surface area contributed by atoms with Gasteiger partial charge in [0, 0.05) is 11.3 Å². The third-order valence-electron chi connectivity index (χ3n) is 4.38. The number of thioether (sulfide) groups is 1. The molecule has 1 amide bonds. The van der Waals surface area contributed by atoms with Crippen molar-refractivity contribution < 1.29 is 4.79 Å². The van der Waals surface area contributed by atoms with E-state index in [2.05, 4.69) is 29.5 Å². The maximum Gasteiger partial charge on any atom is 0.235 e. The van der Waals surface area contributed by atoms with Gasteiger partial charge in [-0.15, -0.1) is 11.8 Å². The van der Waals surface area contributed by atoms with Crippen LogP contribution in [-0.4, -0.2) is 26.7 Å². The Morgan fingerprint density at radius 3 is 2.62 bits per heavy atom. The van der Waals surface area contributed by atoms with E-state index in [0.717, 1.165) is 17.2 Å². The highest BCUT2D eigenvalue weighted by molar-refractivity contribution is 8.00. The average molecular weight is 343 g/mol. The van der Waals surface area contributed by atoms with Crippen LogP contribution in [0.4, 0.5) is 5.82 Å². The number of hydrogen-bond donors (Lipinski definition) is 1. The Bertz CT molecular complexity index is 687. The first-order valence-corrected chi connectivity index (χ1v) is 9.72. The van der Waals surface area contributed by atoms with Crippen LogP contribution in [0.3, 0.4) is 0 Å². The molecule has 1 heterocycles. The predicted molar refractivity (Wildman–Crippen MR) is 101 cm³/mol. The fourth-order valence-electron chi connectivity index (χ4n) is 3.08. The standard InChI is InChI=1S/C19H25N3OS/c1-14-8-10-16(11-9-14)22-18(12-15(2)21-22)20-19(23)13-24-17-6-4-3-5-7-17/h8-12,17H,3-7,13H2,1-2H3,(H,20,23). The summed E-state index contributed by atoms with van der Waals surface area (Å²) in [5.41, 5.74) is 3.06. The van der Waals surface area contributed by atoms with Crippen molar-refractivity contribution in [2.45, 2.75) is 51.2 Å². The second kappa shape index (κ2) is 7.88. The SMILES string of the molecule is Cc1ccc(-n2nc(C)cc2NC(=O)CSC2CCCCC2)cc1. The molecule has 24 heavy (non-hydrogen) atoms. The Balaban J connectivity index is 1.64. The molecule has 0 aliphatic heterocycles. The Labute approximate surface area is 148 Å². The summed E-state index contributed by atoms with van der Waals surface area (Å²) in [7, 11) is 0. The van der Waals surface area contributed by atoms with Crippen LogP contribution < -0.4 is 5.32 Å². The Hall–Kier alpha value is -1.75. The second-order valence-electron chi connectivity index (χ2n) is 6.54. The number of amides is 1. The summed E-state index contributed by atoms with van der Waals surface area (Å²) < 4.78 is 1.80. The molecule has 4 nitrogen and oxygen atoms in total. The molecule has 1 saturated carbocycles. The van der Waals surface area contributed by atoms with Crippen molar-refractivity contribution in [1.82, 2.24) is 9.78 Å². The minimum absolute atomic E-state index is 0.0545. The van der Waals surface area contributed by atoms with E-state index >= 15 is 0 Å². The number of benzene rings is 1. The first-order chi connectivity index (χ1) is 11.6. The number of aryl methyl sites for hydroxylation is 2. The van der Waals surface area contributed by atoms with Crippen molar-refractivity contribution >= 4 is 23.5 Å². The van der Waals surface area contributed by atoms with Gasteiger partial charge in [0.25, 0.3) is 0 Å². The Kier molecular flexibility index (Phi) is 5.61. The minimum Gasteiger partial charge on any atom is -0.310 e. The van der Waals surface area contributed by atoms with E-state index in [1.54, 1.807) is 16.4 Å². The molecule has 0 spiro atoms. The van der Waals surface area contributed by atoms with Crippen LogP contribution in [0.5, 0.6) is 0 Å². The highest BCUT2D eigenvalue weighted by Crippen LogP contribution is 2.28. The lowest BCUT2D eigenvalue weighted by molar-refractivity contribution is -0.113. The first-order valence-electron chi connectivity index (χ1n) is 8.67. The number of hydrogen-bond acceptors (Lipinski definition) is 3. The van der Waals surface area contributed by atoms with Gasteiger partial charge < -0.3 is 5.32 Å². The van der Waals surface area contributed by atoms with Crippen molar-refractivity contribution in [3.05, 3.63) is 41.6 Å². The van der Waals surface area contributed by atoms with Crippen LogP contribution in [0, 0.1) is 13.8 Å². The molecule has 0 unspecified atom stereocenters. The second-order valence-corrected chi connectivity index (χ2v) is 7.83. The van der Waals surface area contributed by atoms with Crippen molar-refractivity contribution in [1.29, 1.82) is 0 Å². The summed E-state index contributed by atoms with van der Waals surface area (Å²) in [6, 6.07) is 10.1. The van der Waals surface area contributed by atoms with Gasteiger partial charge in [0.1, 0.15) is 5.82 Å². The van der Waals surface area contributed by atoms with Crippen LogP contribution in [0.1, 0.15) is 43.4 Å². The monoisotopic (exact) mass is 343 g/mol. The summed E-state index contributed by atoms with van der Waals surface area (Å²) in [4.78, 5) is 12.3. The molecule has 3 rings (SSSR count). The van der Waals surface area contributed by atoms with Gasteiger partial charge in [-0.05, 0) is 38.8 Å². The molecule has 1 aromatic carbocycles. The molecule has 5 heteroatoms. The summed E-state index contributed by atoms with van der Waals surface area (Å²) in [5.74, 6) is 1.31. The lowest BCUT2D eigenvalue weighted by Crippen LogP contribution is -2.19. The zero-order chi connectivity index (χ0) is 16.9. The average Bonchev–Trinajstić information content (AvgIpc) is 2.95. The third kappa shape index (κ3) is 4.41. The number of nitrogens with zero attached hydrogens (tertiary/aromatic N) is 2. The summed E-state index contributed by atoms with van der Waals surface area (Å²) >= 11 is 1.79. The van der Waals surface area contributed by atoms with Crippen LogP contribution in [-0.2, 0) is 4.79 Å². The molecule has 0 atom stereocenters. The van der Waals surface area contributed by atoms with E-state index in [0.29, 0.717) is 11.0 Å². The lowest BCUT2D eigenvalue weighted by Gasteiger charge is -2.20. The molecule has 1 aliphatic rings. The molecule has 128 valence electrons. The minimum atomic E-state index is 0.0545. The molecular weight excluding hydrogens is 318 g/mol. The van der Waals surface area contributed by atoms with Gasteiger partial charge in [0.05, 0.1) is 17.1 Å². The smallest absolute Gasteiger partial charge is 0.235 e. The molecule has 1 fully saturated rings. The highest BCUT2D eigenvalue weighted by Gasteiger charge is 2.16. The number of aromatic nitrogens is 2. The highest BCUT2D eigenvalue weighted by atomic mass is 32.2. The number of rotatable bonds is 5. The topological polar surface area (TPSA) is 46.9 Å². The zero-order valence-corrected chi connectivity index (χ0v) is 15.2. The Morgan fingerprint density at radius 2 is 1.92 bits per heavy atom. The fraction of sp³-hybridized carbons (Fsp3) is 0.474. The largest absolute Gasteiger partial charge is 0.310 e. The number of carbonyl (C=O) groups excluding carboxylic acids is 1. The molecular formula is C19H25N3OS. The third-order valence-corrected chi connectivity index (χ3v) is 5.75. The van der Waals surface area contributed by atoms with Gasteiger partial charge >= 0.3 is 0 Å². The van der Waals surface area contributed by atoms with Gasteiger partial charge in [-0.3, -0.25) is 4.79 Å². The quantitative estimate of drug-likeness (QED) is 0.870. The number of nitrogens with one attached hydrogen (secondary N) is 1. The van der Waals surface area contributed by atoms with E-state index < -0.39 is 0 Å². The lowest BCUT2D eigenvalue weighted by atomic mass is 10.0. The Morgan fingerprint density at radius 1 is 1.21 bits per heavy atom. The van der Waals surface area contributed by atoms with E-state index in [-0.39, 0.29) is 5.91 Å². The molecule has 0 saturated heterocycles. The first kappa shape index (κ1) is 17.1. The maximum atomic E-state index is 12.3. The van der Waals surface area contributed by atoms with E-state index in [4.69, 9.17) is 0 Å². The van der Waals surface area contributed by atoms with Crippen LogP contribution in [0.15, 0.2) is 30.3 Å². The van der Waals surface area contributed by atoms with Crippen molar-refractivity contribution in [2.24, 2.45) is 0 Å². The van der Waals surface area contributed by atoms with Gasteiger partial charge in [-0.2, -0.15) is 5.10 Å². The van der Waals surface area contributed by atoms with Gasteiger partial charge in [-0.25, -0.2) is 4.68 Å². The van der Waals surface area contributed by atoms with Crippen LogP contribution >= 0.6 is 11.8 Å². The maximum absolute atomic E-state index is 12.3. The molecule has 1 N–H and O–H groups in total. The molecule has 0 radical (unpaired) electrons. The van der Waals surface area contributed by atoms with E-state index in [9.17, 15) is 4.79 Å². The summed E-state index contributed by atoms with van der Waals surface area (Å²) in [5, 5.41) is 8.18. The fourth-order valence-corrected chi connectivity index (χ4v) is 4.20. The van der Waals surface area contributed by atoms with Crippen LogP contribution in [0.25, 0.3) is 5.69 Å². The molecule has 0 bridgehead atoms. The van der Waals surface area contributed by atoms with E-state index in [1.807, 2.05) is 25.1 Å². The number of anilines is 1. The zero-order valence-electron chi connectivity index (χ0n) is 14.4. The number of carbonyl (C=O) groups is 1. The van der Waals surface area contributed by atoms with E-state index in [1.165, 1.54) is 37.7 Å². The molecule has 1 aliphatic carbocycles. The van der Waals surface area contributed by atoms with Crippen molar-refractivity contribution in [2.75, 3.05) is 11.1 Å². The van der Waals surface area contributed by atoms with Crippen molar-refractivity contribution in [3.8, 4) is 5.69 Å². The summed E-state index contributed by atoms with van der Waals surface area (Å²) in [6.45, 7) is 4.00. The predicted octanol–water partition coefficient (Wildman–Crippen LogP) is 4.49. The van der Waals surface area contributed by atoms with Gasteiger partial charge in [-0.1, -0.05) is 37.0 Å².